The van der Waals surface area contributed by atoms with Crippen molar-refractivity contribution in [3.63, 3.8) is 0 Å². The molecule has 21 rings (SSSR count). The Morgan fingerprint density at radius 2 is 1.68 bits per heavy atom. The molecule has 8 heterocycles. The third-order valence-electron chi connectivity index (χ3n) is 29.5. The number of dihydropyridines is 2. The van der Waals surface area contributed by atoms with Gasteiger partial charge in [0.15, 0.2) is 0 Å². The van der Waals surface area contributed by atoms with Crippen molar-refractivity contribution in [2.45, 2.75) is 190 Å². The van der Waals surface area contributed by atoms with E-state index in [-0.39, 0.29) is 118 Å². The molecule has 22 unspecified atom stereocenters. The molecular formula is C84H98N6O9S2. The van der Waals surface area contributed by atoms with Crippen LogP contribution in [-0.2, 0) is 47.9 Å². The van der Waals surface area contributed by atoms with E-state index >= 15 is 9.59 Å². The first kappa shape index (κ1) is 65.6. The van der Waals surface area contributed by atoms with Crippen molar-refractivity contribution in [2.24, 2.45) is 106 Å². The number of benzene rings is 1. The number of hydrogen-bond acceptors (Lipinski definition) is 15. The van der Waals surface area contributed by atoms with Gasteiger partial charge in [0.25, 0.3) is 11.8 Å². The number of imide groups is 1. The number of hydrogen-bond donors (Lipinski definition) is 7. The molecule has 17 heteroatoms. The van der Waals surface area contributed by atoms with Gasteiger partial charge in [-0.25, -0.2) is 14.6 Å². The molecule has 1 saturated heterocycles. The van der Waals surface area contributed by atoms with Gasteiger partial charge in [-0.3, -0.25) is 19.8 Å². The second-order valence-electron chi connectivity index (χ2n) is 33.9. The van der Waals surface area contributed by atoms with Crippen molar-refractivity contribution >= 4 is 45.3 Å². The number of nitrogens with one attached hydrogen (secondary N) is 4. The molecule has 7 aliphatic heterocycles. The van der Waals surface area contributed by atoms with Gasteiger partial charge in [0.2, 0.25) is 0 Å². The normalized spacial score (nSPS) is 40.8. The van der Waals surface area contributed by atoms with Crippen LogP contribution >= 0.6 is 21.6 Å². The molecule has 0 radical (unpaired) electrons. The van der Waals surface area contributed by atoms with E-state index in [2.05, 4.69) is 99.3 Å². The molecule has 530 valence electrons. The fourth-order valence-electron chi connectivity index (χ4n) is 25.3. The summed E-state index contributed by atoms with van der Waals surface area (Å²) in [5.74, 6) is 8.71. The van der Waals surface area contributed by atoms with Gasteiger partial charge in [-0.2, -0.15) is 0 Å². The second kappa shape index (κ2) is 25.9. The third kappa shape index (κ3) is 10.7. The molecule has 101 heavy (non-hydrogen) atoms. The zero-order valence-electron chi connectivity index (χ0n) is 58.2. The van der Waals surface area contributed by atoms with Crippen LogP contribution in [0.5, 0.6) is 0 Å². The number of ether oxygens (including phenoxy) is 2. The number of aromatic amines is 1. The lowest BCUT2D eigenvalue weighted by Gasteiger charge is -2.58. The van der Waals surface area contributed by atoms with E-state index in [9.17, 15) is 24.9 Å². The van der Waals surface area contributed by atoms with Gasteiger partial charge in [-0.05, 0) is 239 Å². The molecular weight excluding hydrogens is 1300 g/mol. The number of H-pyrrole nitrogens is 1. The Labute approximate surface area is 601 Å². The SMILES string of the molecule is CCC1(C2=C3OC(=O)C4=C3C(CC2)CC2C3CCC5(C6=CCC(C7C8C=C9CCc%10ccccc%10CC(O)C%10C#CC9C7CC(CC(CO)C%10)C8)C(NC7CCC8CCCC(Cc9cnc[nH]9)C8C7O)SSC7C=CC8=C(NCC=C8C(CN8C(=O)C=CC8=O)C3=C5C(=O)O6)N7)C42)CCCC1. The number of aromatic nitrogens is 2. The van der Waals surface area contributed by atoms with Crippen molar-refractivity contribution in [3.05, 3.63) is 158 Å². The van der Waals surface area contributed by atoms with E-state index in [0.29, 0.717) is 61.3 Å². The molecule has 1 aromatic carbocycles. The minimum Gasteiger partial charge on any atom is -0.427 e. The lowest BCUT2D eigenvalue weighted by molar-refractivity contribution is -0.138. The quantitative estimate of drug-likeness (QED) is 0.0387. The second-order valence-corrected chi connectivity index (χ2v) is 36.4. The first-order valence-electron chi connectivity index (χ1n) is 39.2. The number of nitrogens with zero attached hydrogens (tertiary/aromatic N) is 2. The van der Waals surface area contributed by atoms with Gasteiger partial charge in [-0.1, -0.05) is 120 Å². The van der Waals surface area contributed by atoms with Gasteiger partial charge in [0, 0.05) is 90.2 Å². The Balaban J connectivity index is 0.808. The number of amides is 2. The van der Waals surface area contributed by atoms with Crippen LogP contribution in [0.3, 0.4) is 0 Å². The average molecular weight is 1400 g/mol. The van der Waals surface area contributed by atoms with Crippen LogP contribution in [0.25, 0.3) is 0 Å². The van der Waals surface area contributed by atoms with Crippen molar-refractivity contribution < 1.29 is 44.0 Å². The molecule has 19 aliphatic rings. The summed E-state index contributed by atoms with van der Waals surface area (Å²) in [7, 11) is 3.68. The Kier molecular flexibility index (Phi) is 16.8. The van der Waals surface area contributed by atoms with E-state index < -0.39 is 35.4 Å². The third-order valence-corrected chi connectivity index (χ3v) is 32.3. The highest BCUT2D eigenvalue weighted by Gasteiger charge is 2.71. The molecule has 2 amide bonds. The van der Waals surface area contributed by atoms with Crippen LogP contribution in [0, 0.1) is 117 Å². The van der Waals surface area contributed by atoms with Crippen LogP contribution in [0.1, 0.15) is 159 Å². The smallest absolute Gasteiger partial charge is 0.340 e. The minimum absolute atomic E-state index is 0.00462. The summed E-state index contributed by atoms with van der Waals surface area (Å²) < 4.78 is 14.2. The van der Waals surface area contributed by atoms with E-state index in [1.165, 1.54) is 52.2 Å². The monoisotopic (exact) mass is 1400 g/mol. The predicted octanol–water partition coefficient (Wildman–Crippen LogP) is 12.3. The minimum atomic E-state index is -1.07. The standard InChI is InChI=1S/C84H98N6O9S2/c1-2-83(28-5-6-29-83)63-20-15-52-38-61-57-26-30-84(75(61)74-72(52)78(63)99-81(74)96)66-22-18-59(71-53-33-44-32-45(42-91)34-50-14-17-55(60(71)35-44)49(36-53)13-12-46-8-3-4-9-48(46)39-65(50)92)80(88-64-21-16-47-10-7-11-51(70(47)77(64)95)37-54-40-85-43-87-54)101-100-67-23-19-58-56(27-31-86-79(58)89-67)62(73(57)76(84)82(97)98-66)41-90-68(93)24-25-69(90)94/h3-4,8-9,19,22-25,27,36,40,43-45,47,50-53,55,57,59-62,64-65,67,70-71,75,77,80,86,88-89,91-92,95H,2,5-7,10-13,15-16,18,20-21,26,28-35,37-39,41-42H2,1H3,(H,85,87). The summed E-state index contributed by atoms with van der Waals surface area (Å²) in [4.78, 5) is 69.6. The van der Waals surface area contributed by atoms with Crippen LogP contribution in [0.4, 0.5) is 0 Å². The summed E-state index contributed by atoms with van der Waals surface area (Å²) in [6, 6.07) is 8.44. The highest BCUT2D eigenvalue weighted by atomic mass is 33.1. The summed E-state index contributed by atoms with van der Waals surface area (Å²) in [6.07, 6.45) is 38.7. The Morgan fingerprint density at radius 3 is 2.51 bits per heavy atom. The first-order valence-corrected chi connectivity index (χ1v) is 41.5. The highest BCUT2D eigenvalue weighted by Crippen LogP contribution is 2.74. The molecule has 7 N–H and O–H groups in total. The molecule has 1 spiro atoms. The zero-order valence-corrected chi connectivity index (χ0v) is 59.9. The molecule has 14 bridgehead atoms. The van der Waals surface area contributed by atoms with Gasteiger partial charge < -0.3 is 40.4 Å². The zero-order chi connectivity index (χ0) is 68.2. The number of carbonyl (C=O) groups excluding carboxylic acids is 4. The van der Waals surface area contributed by atoms with Crippen molar-refractivity contribution in [1.29, 1.82) is 0 Å². The summed E-state index contributed by atoms with van der Waals surface area (Å²) in [6.45, 7) is 2.91. The maximum atomic E-state index is 16.4. The van der Waals surface area contributed by atoms with Gasteiger partial charge in [0.05, 0.1) is 34.9 Å². The maximum Gasteiger partial charge on any atom is 0.340 e. The van der Waals surface area contributed by atoms with Gasteiger partial charge in [0.1, 0.15) is 22.7 Å². The number of esters is 2. The molecule has 12 aliphatic carbocycles. The Bertz CT molecular complexity index is 4120. The van der Waals surface area contributed by atoms with Crippen LogP contribution in [0.2, 0.25) is 0 Å². The Morgan fingerprint density at radius 1 is 0.822 bits per heavy atom. The number of allylic oxidation sites excluding steroid dienone is 8. The summed E-state index contributed by atoms with van der Waals surface area (Å²) in [5.41, 5.74) is 10.6. The lowest BCUT2D eigenvalue weighted by Crippen LogP contribution is -2.57. The lowest BCUT2D eigenvalue weighted by atomic mass is 9.42. The van der Waals surface area contributed by atoms with E-state index in [0.717, 1.165) is 161 Å². The first-order chi connectivity index (χ1) is 49.3. The highest BCUT2D eigenvalue weighted by molar-refractivity contribution is 8.77. The molecule has 6 fully saturated rings. The van der Waals surface area contributed by atoms with Crippen molar-refractivity contribution in [1.82, 2.24) is 30.8 Å². The number of imidazole rings is 1. The average Bonchev–Trinajstić information content (AvgIpc) is 1.57. The molecule has 15 nitrogen and oxygen atoms in total. The maximum absolute atomic E-state index is 16.4. The van der Waals surface area contributed by atoms with Crippen LogP contribution in [0.15, 0.2) is 141 Å². The molecule has 5 saturated carbocycles. The number of aliphatic hydroxyl groups excluding tert-OH is 3. The van der Waals surface area contributed by atoms with E-state index in [1.54, 1.807) is 6.33 Å². The number of carbonyl (C=O) groups is 4. The Hall–Kier alpha value is -6.13. The molecule has 1 aromatic heterocycles. The fraction of sp³-hybridized carbons (Fsp3) is 0.607. The predicted molar refractivity (Wildman–Crippen MR) is 387 cm³/mol. The van der Waals surface area contributed by atoms with E-state index in [1.807, 2.05) is 27.8 Å². The summed E-state index contributed by atoms with van der Waals surface area (Å²) >= 11 is 0. The number of fused-ring (bicyclic) bond motifs is 12. The summed E-state index contributed by atoms with van der Waals surface area (Å²) in [5, 5.41) is 49.0. The van der Waals surface area contributed by atoms with Crippen LogP contribution < -0.4 is 16.0 Å². The number of aryl methyl sites for hydroxylation is 1. The van der Waals surface area contributed by atoms with Crippen molar-refractivity contribution in [3.8, 4) is 11.8 Å². The topological polar surface area (TPSA) is 215 Å². The largest absolute Gasteiger partial charge is 0.427 e. The van der Waals surface area contributed by atoms with Gasteiger partial charge in [-0.15, -0.1) is 0 Å². The molecule has 2 aromatic rings. The van der Waals surface area contributed by atoms with Gasteiger partial charge >= 0.3 is 11.9 Å². The van der Waals surface area contributed by atoms with E-state index in [4.69, 9.17) is 9.47 Å². The van der Waals surface area contributed by atoms with Crippen molar-refractivity contribution in [2.75, 3.05) is 19.7 Å². The fourth-order valence-corrected chi connectivity index (χ4v) is 28.2. The van der Waals surface area contributed by atoms with Crippen LogP contribution in [-0.4, -0.2) is 103 Å². The molecule has 22 atom stereocenters. The number of aliphatic hydroxyl groups is 3. The number of rotatable bonds is 10.